The predicted octanol–water partition coefficient (Wildman–Crippen LogP) is 2.98. The Labute approximate surface area is 132 Å². The van der Waals surface area contributed by atoms with Crippen molar-refractivity contribution in [2.24, 2.45) is 0 Å². The van der Waals surface area contributed by atoms with Crippen molar-refractivity contribution in [3.8, 4) is 17.4 Å². The van der Waals surface area contributed by atoms with Crippen molar-refractivity contribution in [3.63, 3.8) is 0 Å². The number of phenols is 2. The Kier molecular flexibility index (Phi) is 2.84. The van der Waals surface area contributed by atoms with Crippen LogP contribution in [0.15, 0.2) is 36.4 Å². The number of aromatic nitrogens is 1. The smallest absolute Gasteiger partial charge is 0.206 e. The van der Waals surface area contributed by atoms with Crippen molar-refractivity contribution in [2.45, 2.75) is 13.5 Å². The number of aryl methyl sites for hydroxylation is 1. The average molecular weight is 309 g/mol. The first kappa shape index (κ1) is 13.7. The highest BCUT2D eigenvalue weighted by Crippen LogP contribution is 2.41. The van der Waals surface area contributed by atoms with Crippen molar-refractivity contribution in [2.75, 3.05) is 6.61 Å². The van der Waals surface area contributed by atoms with Crippen molar-refractivity contribution in [1.29, 1.82) is 0 Å². The van der Waals surface area contributed by atoms with Gasteiger partial charge in [-0.25, -0.2) is 0 Å². The van der Waals surface area contributed by atoms with Crippen LogP contribution in [0.25, 0.3) is 10.9 Å². The van der Waals surface area contributed by atoms with Gasteiger partial charge in [0, 0.05) is 17.0 Å². The lowest BCUT2D eigenvalue weighted by Gasteiger charge is -2.04. The van der Waals surface area contributed by atoms with Gasteiger partial charge in [-0.05, 0) is 13.0 Å². The number of ketones is 1. The van der Waals surface area contributed by atoms with Crippen molar-refractivity contribution < 1.29 is 19.7 Å². The third-order valence-electron chi connectivity index (χ3n) is 4.21. The van der Waals surface area contributed by atoms with E-state index >= 15 is 0 Å². The van der Waals surface area contributed by atoms with E-state index < -0.39 is 0 Å². The van der Waals surface area contributed by atoms with Gasteiger partial charge in [0.2, 0.25) is 5.88 Å². The van der Waals surface area contributed by atoms with E-state index in [0.717, 1.165) is 5.56 Å². The summed E-state index contributed by atoms with van der Waals surface area (Å²) in [6.45, 7) is 3.06. The van der Waals surface area contributed by atoms with Gasteiger partial charge >= 0.3 is 0 Å². The maximum atomic E-state index is 13.0. The van der Waals surface area contributed by atoms with Gasteiger partial charge in [-0.2, -0.15) is 0 Å². The second kappa shape index (κ2) is 4.78. The molecule has 0 atom stereocenters. The molecular weight excluding hydrogens is 294 g/mol. The number of hydrogen-bond acceptors (Lipinski definition) is 4. The lowest BCUT2D eigenvalue weighted by molar-refractivity contribution is 0.103. The summed E-state index contributed by atoms with van der Waals surface area (Å²) in [6, 6.07) is 10.2. The number of rotatable bonds is 2. The lowest BCUT2D eigenvalue weighted by Crippen LogP contribution is -2.03. The summed E-state index contributed by atoms with van der Waals surface area (Å²) in [4.78, 5) is 13.0. The molecule has 0 aliphatic carbocycles. The Bertz CT molecular complexity index is 938. The quantitative estimate of drug-likeness (QED) is 0.564. The van der Waals surface area contributed by atoms with E-state index in [-0.39, 0.29) is 17.3 Å². The molecule has 0 fully saturated rings. The predicted molar refractivity (Wildman–Crippen MR) is 85.4 cm³/mol. The summed E-state index contributed by atoms with van der Waals surface area (Å²) in [5, 5.41) is 20.1. The van der Waals surface area contributed by atoms with Crippen LogP contribution in [0.1, 0.15) is 21.5 Å². The summed E-state index contributed by atoms with van der Waals surface area (Å²) in [5.41, 5.74) is 2.75. The molecule has 0 radical (unpaired) electrons. The number of hydrogen-bond donors (Lipinski definition) is 2. The lowest BCUT2D eigenvalue weighted by atomic mass is 10.0. The minimum absolute atomic E-state index is 0.157. The molecule has 0 spiro atoms. The van der Waals surface area contributed by atoms with Gasteiger partial charge in [0.1, 0.15) is 6.61 Å². The molecule has 2 N–H and O–H groups in total. The number of ether oxygens (including phenoxy) is 1. The van der Waals surface area contributed by atoms with Gasteiger partial charge in [0.25, 0.3) is 0 Å². The van der Waals surface area contributed by atoms with Gasteiger partial charge in [-0.1, -0.05) is 29.8 Å². The molecule has 5 heteroatoms. The van der Waals surface area contributed by atoms with Crippen LogP contribution in [0.4, 0.5) is 0 Å². The SMILES string of the molecule is Cc1ccc(C(=O)c2c3n(c4cc(O)c(O)cc24)CCO3)cc1. The van der Waals surface area contributed by atoms with Crippen LogP contribution in [0.2, 0.25) is 0 Å². The molecule has 5 nitrogen and oxygen atoms in total. The number of nitrogens with zero attached hydrogens (tertiary/aromatic N) is 1. The van der Waals surface area contributed by atoms with E-state index in [1.54, 1.807) is 12.1 Å². The molecule has 1 aliphatic rings. The minimum atomic E-state index is -0.250. The Morgan fingerprint density at radius 2 is 1.83 bits per heavy atom. The molecule has 1 aromatic heterocycles. The molecule has 116 valence electrons. The summed E-state index contributed by atoms with van der Waals surface area (Å²) >= 11 is 0. The van der Waals surface area contributed by atoms with E-state index in [0.29, 0.717) is 41.1 Å². The van der Waals surface area contributed by atoms with E-state index in [4.69, 9.17) is 4.74 Å². The summed E-state index contributed by atoms with van der Waals surface area (Å²) in [6.07, 6.45) is 0. The normalized spacial score (nSPS) is 13.1. The Hall–Kier alpha value is -2.95. The molecular formula is C18H15NO4. The molecule has 1 aliphatic heterocycles. The van der Waals surface area contributed by atoms with Crippen molar-refractivity contribution in [3.05, 3.63) is 53.1 Å². The highest BCUT2D eigenvalue weighted by atomic mass is 16.5. The van der Waals surface area contributed by atoms with E-state index in [9.17, 15) is 15.0 Å². The van der Waals surface area contributed by atoms with Crippen molar-refractivity contribution in [1.82, 2.24) is 4.57 Å². The summed E-state index contributed by atoms with van der Waals surface area (Å²) in [5.74, 6) is -0.120. The first-order valence-corrected chi connectivity index (χ1v) is 7.38. The molecule has 0 unspecified atom stereocenters. The highest BCUT2D eigenvalue weighted by Gasteiger charge is 2.28. The fourth-order valence-electron chi connectivity index (χ4n) is 3.02. The van der Waals surface area contributed by atoms with E-state index in [1.165, 1.54) is 12.1 Å². The first-order chi connectivity index (χ1) is 11.1. The number of fused-ring (bicyclic) bond motifs is 3. The zero-order valence-electron chi connectivity index (χ0n) is 12.5. The number of carbonyl (C=O) groups is 1. The molecule has 0 amide bonds. The minimum Gasteiger partial charge on any atom is -0.504 e. The highest BCUT2D eigenvalue weighted by molar-refractivity contribution is 6.19. The van der Waals surface area contributed by atoms with Crippen LogP contribution in [-0.4, -0.2) is 27.2 Å². The van der Waals surface area contributed by atoms with E-state index in [2.05, 4.69) is 0 Å². The zero-order chi connectivity index (χ0) is 16.1. The molecule has 2 aromatic carbocycles. The monoisotopic (exact) mass is 309 g/mol. The maximum absolute atomic E-state index is 13.0. The van der Waals surface area contributed by atoms with Crippen LogP contribution in [0, 0.1) is 6.92 Å². The molecule has 3 aromatic rings. The van der Waals surface area contributed by atoms with Gasteiger partial charge in [0.15, 0.2) is 17.3 Å². The van der Waals surface area contributed by atoms with Gasteiger partial charge in [-0.15, -0.1) is 0 Å². The number of aromatic hydroxyl groups is 2. The number of phenolic OH excluding ortho intramolecular Hbond substituents is 2. The van der Waals surface area contributed by atoms with Crippen LogP contribution < -0.4 is 4.74 Å². The van der Waals surface area contributed by atoms with Gasteiger partial charge in [0.05, 0.1) is 17.6 Å². The summed E-state index contributed by atoms with van der Waals surface area (Å²) < 4.78 is 7.50. The standard InChI is InChI=1S/C18H15NO4/c1-10-2-4-11(5-3-10)17(22)16-12-8-14(20)15(21)9-13(12)19-6-7-23-18(16)19/h2-5,8-9,20-21H,6-7H2,1H3. The second-order valence-corrected chi connectivity index (χ2v) is 5.73. The topological polar surface area (TPSA) is 71.7 Å². The third kappa shape index (κ3) is 1.97. The summed E-state index contributed by atoms with van der Waals surface area (Å²) in [7, 11) is 0. The first-order valence-electron chi connectivity index (χ1n) is 7.38. The van der Waals surface area contributed by atoms with Gasteiger partial charge in [-0.3, -0.25) is 4.79 Å². The number of benzene rings is 2. The Morgan fingerprint density at radius 1 is 1.13 bits per heavy atom. The fourth-order valence-corrected chi connectivity index (χ4v) is 3.02. The Balaban J connectivity index is 1.97. The Morgan fingerprint density at radius 3 is 2.57 bits per heavy atom. The molecule has 0 saturated carbocycles. The van der Waals surface area contributed by atoms with Crippen molar-refractivity contribution >= 4 is 16.7 Å². The third-order valence-corrected chi connectivity index (χ3v) is 4.21. The van der Waals surface area contributed by atoms with E-state index in [1.807, 2.05) is 23.6 Å². The molecule has 2 heterocycles. The largest absolute Gasteiger partial charge is 0.504 e. The molecule has 23 heavy (non-hydrogen) atoms. The maximum Gasteiger partial charge on any atom is 0.206 e. The van der Waals surface area contributed by atoms with Gasteiger partial charge < -0.3 is 19.5 Å². The van der Waals surface area contributed by atoms with Crippen LogP contribution in [-0.2, 0) is 6.54 Å². The zero-order valence-corrected chi connectivity index (χ0v) is 12.5. The van der Waals surface area contributed by atoms with Crippen LogP contribution in [0.5, 0.6) is 17.4 Å². The number of carbonyl (C=O) groups excluding carboxylic acids is 1. The molecule has 0 saturated heterocycles. The van der Waals surface area contributed by atoms with Crippen LogP contribution in [0.3, 0.4) is 0 Å². The van der Waals surface area contributed by atoms with Crippen LogP contribution >= 0.6 is 0 Å². The average Bonchev–Trinajstić information content (AvgIpc) is 3.09. The molecule has 0 bridgehead atoms. The second-order valence-electron chi connectivity index (χ2n) is 5.73. The fraction of sp³-hybridized carbons (Fsp3) is 0.167. The molecule has 4 rings (SSSR count).